The number of fused-ring (bicyclic) bond motifs is 2. The summed E-state index contributed by atoms with van der Waals surface area (Å²) in [5, 5.41) is 11.5. The molecule has 9 nitrogen and oxygen atoms in total. The van der Waals surface area contributed by atoms with Crippen molar-refractivity contribution in [1.82, 2.24) is 15.1 Å². The molecule has 172 valence electrons. The lowest BCUT2D eigenvalue weighted by Crippen LogP contribution is -2.66. The van der Waals surface area contributed by atoms with Crippen molar-refractivity contribution in [1.29, 1.82) is 0 Å². The second kappa shape index (κ2) is 9.23. The first kappa shape index (κ1) is 22.2. The average Bonchev–Trinajstić information content (AvgIpc) is 3.20. The number of piperidine rings is 1. The lowest BCUT2D eigenvalue weighted by Gasteiger charge is -2.46. The van der Waals surface area contributed by atoms with Gasteiger partial charge in [-0.05, 0) is 30.5 Å². The number of rotatable bonds is 7. The molecule has 0 aromatic heterocycles. The third-order valence-electron chi connectivity index (χ3n) is 6.33. The van der Waals surface area contributed by atoms with E-state index in [0.29, 0.717) is 32.4 Å². The number of hydrogen-bond donors (Lipinski definition) is 2. The van der Waals surface area contributed by atoms with Gasteiger partial charge in [-0.2, -0.15) is 0 Å². The van der Waals surface area contributed by atoms with Gasteiger partial charge in [-0.25, -0.2) is 4.39 Å². The predicted molar refractivity (Wildman–Crippen MR) is 109 cm³/mol. The summed E-state index contributed by atoms with van der Waals surface area (Å²) in [6, 6.07) is 4.54. The molecule has 0 unspecified atom stereocenters. The highest BCUT2D eigenvalue weighted by molar-refractivity contribution is 5.98. The minimum Gasteiger partial charge on any atom is -0.481 e. The maximum atomic E-state index is 13.1. The van der Waals surface area contributed by atoms with E-state index >= 15 is 0 Å². The zero-order valence-electron chi connectivity index (χ0n) is 17.5. The first-order chi connectivity index (χ1) is 15.3. The molecule has 3 amide bonds. The summed E-state index contributed by atoms with van der Waals surface area (Å²) < 4.78 is 19.0. The molecule has 1 aromatic rings. The largest absolute Gasteiger partial charge is 0.481 e. The number of carbonyl (C=O) groups is 4. The molecule has 0 spiro atoms. The van der Waals surface area contributed by atoms with Gasteiger partial charge in [0.2, 0.25) is 17.7 Å². The first-order valence-electron chi connectivity index (χ1n) is 10.8. The van der Waals surface area contributed by atoms with Crippen LogP contribution in [0, 0.1) is 5.82 Å². The first-order valence-corrected chi connectivity index (χ1v) is 10.8. The van der Waals surface area contributed by atoms with E-state index in [1.807, 2.05) is 0 Å². The van der Waals surface area contributed by atoms with Gasteiger partial charge >= 0.3 is 5.97 Å². The van der Waals surface area contributed by atoms with Crippen LogP contribution in [0.4, 0.5) is 4.39 Å². The van der Waals surface area contributed by atoms with Crippen molar-refractivity contribution < 1.29 is 33.4 Å². The Labute approximate surface area is 184 Å². The zero-order valence-corrected chi connectivity index (χ0v) is 17.5. The Bertz CT molecular complexity index is 907. The van der Waals surface area contributed by atoms with E-state index in [-0.39, 0.29) is 55.1 Å². The van der Waals surface area contributed by atoms with E-state index in [2.05, 4.69) is 5.32 Å². The molecule has 0 bridgehead atoms. The topological polar surface area (TPSA) is 116 Å². The van der Waals surface area contributed by atoms with E-state index in [1.165, 1.54) is 12.1 Å². The second-order valence-corrected chi connectivity index (χ2v) is 8.53. The van der Waals surface area contributed by atoms with Crippen molar-refractivity contribution >= 4 is 23.7 Å². The summed E-state index contributed by atoms with van der Waals surface area (Å²) in [7, 11) is 0. The lowest BCUT2D eigenvalue weighted by molar-refractivity contribution is -0.162. The molecular weight excluding hydrogens is 421 g/mol. The summed E-state index contributed by atoms with van der Waals surface area (Å²) in [6.45, 7) is 0.951. The highest BCUT2D eigenvalue weighted by Gasteiger charge is 2.52. The number of ether oxygens (including phenoxy) is 1. The van der Waals surface area contributed by atoms with Gasteiger partial charge < -0.3 is 25.0 Å². The third-order valence-corrected chi connectivity index (χ3v) is 6.33. The van der Waals surface area contributed by atoms with Crippen molar-refractivity contribution in [3.63, 3.8) is 0 Å². The lowest BCUT2D eigenvalue weighted by atomic mass is 9.92. The van der Waals surface area contributed by atoms with Crippen LogP contribution in [0.3, 0.4) is 0 Å². The molecule has 3 fully saturated rings. The Morgan fingerprint density at radius 1 is 1.06 bits per heavy atom. The molecule has 4 rings (SSSR count). The summed E-state index contributed by atoms with van der Waals surface area (Å²) in [5.41, 5.74) is 0.813. The minimum atomic E-state index is -1.04. The van der Waals surface area contributed by atoms with Gasteiger partial charge in [0.15, 0.2) is 0 Å². The van der Waals surface area contributed by atoms with Gasteiger partial charge in [0, 0.05) is 32.0 Å². The average molecular weight is 447 g/mol. The molecule has 1 aromatic carbocycles. The molecule has 0 aliphatic carbocycles. The monoisotopic (exact) mass is 447 g/mol. The summed E-state index contributed by atoms with van der Waals surface area (Å²) in [6.07, 6.45) is 0.601. The Morgan fingerprint density at radius 2 is 1.75 bits per heavy atom. The smallest absolute Gasteiger partial charge is 0.303 e. The van der Waals surface area contributed by atoms with Crippen LogP contribution in [0.25, 0.3) is 0 Å². The molecule has 0 radical (unpaired) electrons. The quantitative estimate of drug-likeness (QED) is 0.635. The SMILES string of the molecule is O=C(O)CCC(=O)N[C@H]1CCN2C(=O)[C@H]3C[C@H](OCc4ccc(F)cc4)CN3C(=O)[C@@H]2C1. The fourth-order valence-corrected chi connectivity index (χ4v) is 4.69. The molecule has 3 aliphatic heterocycles. The van der Waals surface area contributed by atoms with Crippen LogP contribution in [0.15, 0.2) is 24.3 Å². The molecule has 32 heavy (non-hydrogen) atoms. The number of carboxylic acids is 1. The summed E-state index contributed by atoms with van der Waals surface area (Å²) in [5.74, 6) is -1.98. The number of carboxylic acid groups (broad SMARTS) is 1. The van der Waals surface area contributed by atoms with Crippen LogP contribution < -0.4 is 5.32 Å². The summed E-state index contributed by atoms with van der Waals surface area (Å²) in [4.78, 5) is 52.0. The number of benzene rings is 1. The van der Waals surface area contributed by atoms with E-state index in [4.69, 9.17) is 9.84 Å². The van der Waals surface area contributed by atoms with Gasteiger partial charge in [0.1, 0.15) is 17.9 Å². The van der Waals surface area contributed by atoms with Gasteiger partial charge in [0.05, 0.1) is 19.1 Å². The molecule has 3 saturated heterocycles. The molecule has 2 N–H and O–H groups in total. The Kier molecular flexibility index (Phi) is 6.40. The molecule has 3 aliphatic rings. The van der Waals surface area contributed by atoms with E-state index in [9.17, 15) is 23.6 Å². The Balaban J connectivity index is 1.34. The highest BCUT2D eigenvalue weighted by atomic mass is 19.1. The van der Waals surface area contributed by atoms with Gasteiger partial charge in [-0.15, -0.1) is 0 Å². The second-order valence-electron chi connectivity index (χ2n) is 8.53. The molecule has 0 saturated carbocycles. The van der Waals surface area contributed by atoms with Crippen molar-refractivity contribution in [2.45, 2.75) is 62.9 Å². The Hall–Kier alpha value is -3.01. The zero-order chi connectivity index (χ0) is 22.8. The number of piperazine rings is 1. The van der Waals surface area contributed by atoms with E-state index < -0.39 is 18.1 Å². The van der Waals surface area contributed by atoms with E-state index in [1.54, 1.807) is 21.9 Å². The normalized spacial score (nSPS) is 27.2. The van der Waals surface area contributed by atoms with Crippen molar-refractivity contribution in [3.8, 4) is 0 Å². The molecule has 4 atom stereocenters. The third kappa shape index (κ3) is 4.74. The number of aliphatic carboxylic acids is 1. The molecular formula is C22H26FN3O6. The van der Waals surface area contributed by atoms with Crippen molar-refractivity contribution in [3.05, 3.63) is 35.6 Å². The summed E-state index contributed by atoms with van der Waals surface area (Å²) >= 11 is 0. The number of hydrogen-bond acceptors (Lipinski definition) is 5. The number of amides is 3. The fraction of sp³-hybridized carbons (Fsp3) is 0.545. The van der Waals surface area contributed by atoms with Crippen LogP contribution >= 0.6 is 0 Å². The maximum absolute atomic E-state index is 13.1. The predicted octanol–water partition coefficient (Wildman–Crippen LogP) is 0.666. The van der Waals surface area contributed by atoms with Crippen LogP contribution in [0.2, 0.25) is 0 Å². The van der Waals surface area contributed by atoms with Crippen LogP contribution in [-0.4, -0.2) is 75.9 Å². The van der Waals surface area contributed by atoms with Gasteiger partial charge in [-0.1, -0.05) is 12.1 Å². The fourth-order valence-electron chi connectivity index (χ4n) is 4.69. The van der Waals surface area contributed by atoms with Crippen LogP contribution in [-0.2, 0) is 30.5 Å². The standard InChI is InChI=1S/C22H26FN3O6/c23-14-3-1-13(2-4-14)12-32-16-10-18-21(30)25-8-7-15(24-19(27)5-6-20(28)29)9-17(25)22(31)26(18)11-16/h1-4,15-18H,5-12H2,(H,24,27)(H,28,29)/t15-,16-,17-,18+/m0/s1. The van der Waals surface area contributed by atoms with Crippen LogP contribution in [0.1, 0.15) is 37.7 Å². The molecule has 10 heteroatoms. The maximum Gasteiger partial charge on any atom is 0.303 e. The van der Waals surface area contributed by atoms with E-state index in [0.717, 1.165) is 5.56 Å². The number of nitrogens with zero attached hydrogens (tertiary/aromatic N) is 2. The number of nitrogens with one attached hydrogen (secondary N) is 1. The van der Waals surface area contributed by atoms with Crippen molar-refractivity contribution in [2.24, 2.45) is 0 Å². The van der Waals surface area contributed by atoms with Gasteiger partial charge in [0.25, 0.3) is 0 Å². The Morgan fingerprint density at radius 3 is 2.47 bits per heavy atom. The number of halogens is 1. The molecule has 3 heterocycles. The number of carbonyl (C=O) groups excluding carboxylic acids is 3. The minimum absolute atomic E-state index is 0.0989. The van der Waals surface area contributed by atoms with Gasteiger partial charge in [-0.3, -0.25) is 19.2 Å². The highest BCUT2D eigenvalue weighted by Crippen LogP contribution is 2.33. The van der Waals surface area contributed by atoms with Crippen molar-refractivity contribution in [2.75, 3.05) is 13.1 Å². The van der Waals surface area contributed by atoms with Crippen LogP contribution in [0.5, 0.6) is 0 Å².